The lowest BCUT2D eigenvalue weighted by molar-refractivity contribution is -0.712. The standard InChI is InChI=1S/C22H24N2O2/c1-13(2)14-8-10-15(11-9-14)20-21-17(12-19(24-20)22(25)26-3)16-6-4-5-7-18(16)23-21/h4-11,13,19-20,23-24H,12H2,1-3H3/p+1/t19-,20+/m1/s1. The maximum absolute atomic E-state index is 12.3. The predicted molar refractivity (Wildman–Crippen MR) is 102 cm³/mol. The largest absolute Gasteiger partial charge is 0.465 e. The van der Waals surface area contributed by atoms with E-state index < -0.39 is 0 Å². The summed E-state index contributed by atoms with van der Waals surface area (Å²) in [5.41, 5.74) is 6.09. The van der Waals surface area contributed by atoms with Crippen LogP contribution in [0.2, 0.25) is 0 Å². The lowest BCUT2D eigenvalue weighted by atomic mass is 9.89. The van der Waals surface area contributed by atoms with Crippen LogP contribution < -0.4 is 5.32 Å². The number of para-hydroxylation sites is 1. The predicted octanol–water partition coefficient (Wildman–Crippen LogP) is 3.04. The van der Waals surface area contributed by atoms with E-state index in [0.29, 0.717) is 12.3 Å². The topological polar surface area (TPSA) is 58.7 Å². The Bertz CT molecular complexity index is 940. The SMILES string of the molecule is COC(=O)[C@H]1Cc2c([nH]c3ccccc23)[C@H](c2ccc(C(C)C)cc2)[NH2+]1. The second kappa shape index (κ2) is 6.61. The molecule has 4 nitrogen and oxygen atoms in total. The molecule has 1 aliphatic rings. The number of carbonyl (C=O) groups excluding carboxylic acids is 1. The van der Waals surface area contributed by atoms with Gasteiger partial charge in [0.05, 0.1) is 12.8 Å². The van der Waals surface area contributed by atoms with Gasteiger partial charge >= 0.3 is 5.97 Å². The van der Waals surface area contributed by atoms with Gasteiger partial charge in [-0.05, 0) is 23.1 Å². The van der Waals surface area contributed by atoms with Gasteiger partial charge in [-0.3, -0.25) is 0 Å². The minimum atomic E-state index is -0.221. The summed E-state index contributed by atoms with van der Waals surface area (Å²) >= 11 is 0. The highest BCUT2D eigenvalue weighted by atomic mass is 16.5. The molecule has 1 aromatic heterocycles. The molecule has 1 aliphatic heterocycles. The van der Waals surface area contributed by atoms with E-state index in [2.05, 4.69) is 60.5 Å². The fourth-order valence-electron chi connectivity index (χ4n) is 4.00. The second-order valence-corrected chi connectivity index (χ2v) is 7.39. The smallest absolute Gasteiger partial charge is 0.364 e. The Hall–Kier alpha value is -2.59. The van der Waals surface area contributed by atoms with Crippen LogP contribution in [0, 0.1) is 0 Å². The number of benzene rings is 2. The molecule has 3 N–H and O–H groups in total. The van der Waals surface area contributed by atoms with Crippen molar-refractivity contribution in [3.63, 3.8) is 0 Å². The molecule has 2 atom stereocenters. The van der Waals surface area contributed by atoms with E-state index >= 15 is 0 Å². The third-order valence-electron chi connectivity index (χ3n) is 5.47. The van der Waals surface area contributed by atoms with E-state index in [4.69, 9.17) is 4.74 Å². The fraction of sp³-hybridized carbons (Fsp3) is 0.318. The molecule has 2 heterocycles. The summed E-state index contributed by atoms with van der Waals surface area (Å²) in [6.45, 7) is 4.40. The normalized spacial score (nSPS) is 19.5. The third kappa shape index (κ3) is 2.80. The summed E-state index contributed by atoms with van der Waals surface area (Å²) in [6, 6.07) is 16.9. The van der Waals surface area contributed by atoms with Crippen LogP contribution in [0.1, 0.15) is 48.2 Å². The second-order valence-electron chi connectivity index (χ2n) is 7.39. The Labute approximate surface area is 153 Å². The monoisotopic (exact) mass is 349 g/mol. The van der Waals surface area contributed by atoms with Gasteiger partial charge in [-0.15, -0.1) is 0 Å². The number of nitrogens with two attached hydrogens (primary N) is 1. The lowest BCUT2D eigenvalue weighted by Gasteiger charge is -2.27. The number of methoxy groups -OCH3 is 1. The Balaban J connectivity index is 1.81. The summed E-state index contributed by atoms with van der Waals surface area (Å²) < 4.78 is 5.05. The summed E-state index contributed by atoms with van der Waals surface area (Å²) in [5.74, 6) is 0.343. The van der Waals surface area contributed by atoms with Crippen molar-refractivity contribution < 1.29 is 14.8 Å². The number of ether oxygens (including phenoxy) is 1. The van der Waals surface area contributed by atoms with Crippen LogP contribution >= 0.6 is 0 Å². The van der Waals surface area contributed by atoms with Crippen molar-refractivity contribution in [2.45, 2.75) is 38.3 Å². The highest BCUT2D eigenvalue weighted by Gasteiger charge is 2.38. The van der Waals surface area contributed by atoms with E-state index in [1.165, 1.54) is 34.9 Å². The van der Waals surface area contributed by atoms with E-state index in [9.17, 15) is 4.79 Å². The molecule has 0 saturated carbocycles. The molecular formula is C22H25N2O2+. The van der Waals surface area contributed by atoms with E-state index in [0.717, 1.165) is 5.52 Å². The molecule has 26 heavy (non-hydrogen) atoms. The molecule has 0 unspecified atom stereocenters. The van der Waals surface area contributed by atoms with Gasteiger partial charge in [0.15, 0.2) is 12.1 Å². The third-order valence-corrected chi connectivity index (χ3v) is 5.47. The number of hydrogen-bond donors (Lipinski definition) is 2. The first-order valence-electron chi connectivity index (χ1n) is 9.20. The average molecular weight is 349 g/mol. The zero-order valence-corrected chi connectivity index (χ0v) is 15.5. The van der Waals surface area contributed by atoms with Gasteiger partial charge in [0.25, 0.3) is 0 Å². The number of hydrogen-bond acceptors (Lipinski definition) is 2. The number of fused-ring (bicyclic) bond motifs is 3. The minimum absolute atomic E-state index is 0.0662. The van der Waals surface area contributed by atoms with Gasteiger partial charge in [0, 0.05) is 22.9 Å². The highest BCUT2D eigenvalue weighted by molar-refractivity contribution is 5.86. The number of rotatable bonds is 3. The van der Waals surface area contributed by atoms with Crippen LogP contribution in [0.15, 0.2) is 48.5 Å². The van der Waals surface area contributed by atoms with Gasteiger partial charge in [-0.1, -0.05) is 56.3 Å². The number of esters is 1. The average Bonchev–Trinajstić information content (AvgIpc) is 3.05. The highest BCUT2D eigenvalue weighted by Crippen LogP contribution is 2.32. The van der Waals surface area contributed by atoms with Gasteiger partial charge in [0.1, 0.15) is 0 Å². The summed E-state index contributed by atoms with van der Waals surface area (Å²) in [4.78, 5) is 15.9. The zero-order valence-electron chi connectivity index (χ0n) is 15.5. The van der Waals surface area contributed by atoms with Crippen LogP contribution in [0.5, 0.6) is 0 Å². The molecule has 4 heteroatoms. The van der Waals surface area contributed by atoms with E-state index in [-0.39, 0.29) is 18.1 Å². The Kier molecular flexibility index (Phi) is 4.29. The van der Waals surface area contributed by atoms with Crippen LogP contribution in [0.3, 0.4) is 0 Å². The molecule has 0 amide bonds. The molecule has 0 radical (unpaired) electrons. The first-order chi connectivity index (χ1) is 12.6. The zero-order chi connectivity index (χ0) is 18.3. The van der Waals surface area contributed by atoms with E-state index in [1.54, 1.807) is 0 Å². The molecule has 0 bridgehead atoms. The molecule has 0 aliphatic carbocycles. The Morgan fingerprint density at radius 2 is 1.88 bits per heavy atom. The maximum atomic E-state index is 12.3. The number of aromatic amines is 1. The van der Waals surface area contributed by atoms with Crippen LogP contribution in [0.4, 0.5) is 0 Å². The van der Waals surface area contributed by atoms with Crippen molar-refractivity contribution in [3.8, 4) is 0 Å². The molecule has 134 valence electrons. The van der Waals surface area contributed by atoms with Crippen LogP contribution in [0.25, 0.3) is 10.9 Å². The van der Waals surface area contributed by atoms with Crippen molar-refractivity contribution in [1.82, 2.24) is 4.98 Å². The Morgan fingerprint density at radius 3 is 2.58 bits per heavy atom. The van der Waals surface area contributed by atoms with Crippen molar-refractivity contribution in [2.24, 2.45) is 0 Å². The van der Waals surface area contributed by atoms with Crippen LogP contribution in [-0.4, -0.2) is 24.1 Å². The van der Waals surface area contributed by atoms with Gasteiger partial charge < -0.3 is 15.0 Å². The first kappa shape index (κ1) is 16.9. The number of nitrogens with one attached hydrogen (secondary N) is 1. The number of quaternary nitrogens is 1. The lowest BCUT2D eigenvalue weighted by Crippen LogP contribution is -2.94. The van der Waals surface area contributed by atoms with Gasteiger partial charge in [0.2, 0.25) is 0 Å². The van der Waals surface area contributed by atoms with Crippen molar-refractivity contribution in [1.29, 1.82) is 0 Å². The molecular weight excluding hydrogens is 324 g/mol. The molecule has 2 aromatic carbocycles. The van der Waals surface area contributed by atoms with Crippen LogP contribution in [-0.2, 0) is 16.0 Å². The number of H-pyrrole nitrogens is 1. The van der Waals surface area contributed by atoms with Crippen molar-refractivity contribution >= 4 is 16.9 Å². The fourth-order valence-corrected chi connectivity index (χ4v) is 4.00. The summed E-state index contributed by atoms with van der Waals surface area (Å²) in [6.07, 6.45) is 0.687. The van der Waals surface area contributed by atoms with Gasteiger partial charge in [-0.2, -0.15) is 0 Å². The molecule has 0 spiro atoms. The summed E-state index contributed by atoms with van der Waals surface area (Å²) in [7, 11) is 1.47. The molecule has 0 saturated heterocycles. The number of carbonyl (C=O) groups is 1. The first-order valence-corrected chi connectivity index (χ1v) is 9.20. The number of aromatic nitrogens is 1. The van der Waals surface area contributed by atoms with Crippen molar-refractivity contribution in [3.05, 3.63) is 70.9 Å². The maximum Gasteiger partial charge on any atom is 0.364 e. The van der Waals surface area contributed by atoms with E-state index in [1.807, 2.05) is 12.1 Å². The summed E-state index contributed by atoms with van der Waals surface area (Å²) in [5, 5.41) is 3.33. The molecule has 3 aromatic rings. The van der Waals surface area contributed by atoms with Gasteiger partial charge in [-0.25, -0.2) is 4.79 Å². The molecule has 0 fully saturated rings. The Morgan fingerprint density at radius 1 is 1.15 bits per heavy atom. The minimum Gasteiger partial charge on any atom is -0.465 e. The molecule has 4 rings (SSSR count). The quantitative estimate of drug-likeness (QED) is 0.714. The van der Waals surface area contributed by atoms with Crippen molar-refractivity contribution in [2.75, 3.05) is 7.11 Å².